The normalized spacial score (nSPS) is 16.2. The second-order valence-corrected chi connectivity index (χ2v) is 4.71. The van der Waals surface area contributed by atoms with Gasteiger partial charge in [0.1, 0.15) is 0 Å². The van der Waals surface area contributed by atoms with Crippen LogP contribution in [0, 0.1) is 5.92 Å². The fraction of sp³-hybridized carbons (Fsp3) is 0.462. The van der Waals surface area contributed by atoms with Crippen molar-refractivity contribution in [1.82, 2.24) is 4.90 Å². The molecule has 18 heavy (non-hydrogen) atoms. The number of carbonyl (C=O) groups is 1. The van der Waals surface area contributed by atoms with E-state index >= 15 is 0 Å². The third-order valence-corrected chi connectivity index (χ3v) is 3.35. The van der Waals surface area contributed by atoms with Gasteiger partial charge in [-0.05, 0) is 36.4 Å². The molecule has 0 spiro atoms. The van der Waals surface area contributed by atoms with E-state index in [-0.39, 0.29) is 5.91 Å². The van der Waals surface area contributed by atoms with Crippen molar-refractivity contribution in [2.45, 2.75) is 19.8 Å². The average Bonchev–Trinajstić information content (AvgIpc) is 2.40. The molecule has 1 fully saturated rings. The van der Waals surface area contributed by atoms with Crippen LogP contribution in [-0.2, 0) is 0 Å². The minimum atomic E-state index is 0.0642. The van der Waals surface area contributed by atoms with Crippen molar-refractivity contribution in [2.24, 2.45) is 11.0 Å². The Morgan fingerprint density at radius 3 is 2.50 bits per heavy atom. The Labute approximate surface area is 106 Å². The van der Waals surface area contributed by atoms with Crippen LogP contribution in [0.5, 0.6) is 0 Å². The lowest BCUT2D eigenvalue weighted by Gasteiger charge is -2.30. The summed E-state index contributed by atoms with van der Waals surface area (Å²) in [6.07, 6.45) is 2.14. The highest BCUT2D eigenvalue weighted by Crippen LogP contribution is 2.19. The monoisotopic (exact) mass is 244 g/mol. The van der Waals surface area contributed by atoms with Gasteiger partial charge in [0.15, 0.2) is 0 Å². The summed E-state index contributed by atoms with van der Waals surface area (Å²) >= 11 is 0. The van der Waals surface area contributed by atoms with Gasteiger partial charge in [0.25, 0.3) is 5.91 Å². The number of amides is 1. The van der Waals surface area contributed by atoms with Gasteiger partial charge in [-0.3, -0.25) is 4.79 Å². The maximum Gasteiger partial charge on any atom is 0.253 e. The molecule has 0 N–H and O–H groups in total. The molecule has 94 valence electrons. The number of likely N-dealkylation sites (tertiary alicyclic amines) is 1. The molecule has 1 saturated heterocycles. The van der Waals surface area contributed by atoms with Gasteiger partial charge < -0.3 is 4.90 Å². The molecule has 5 nitrogen and oxygen atoms in total. The molecule has 0 aromatic heterocycles. The highest BCUT2D eigenvalue weighted by Gasteiger charge is 2.21. The lowest BCUT2D eigenvalue weighted by molar-refractivity contribution is 0.0697. The van der Waals surface area contributed by atoms with E-state index in [1.165, 1.54) is 0 Å². The van der Waals surface area contributed by atoms with Crippen molar-refractivity contribution in [1.29, 1.82) is 0 Å². The molecule has 0 radical (unpaired) electrons. The van der Waals surface area contributed by atoms with Gasteiger partial charge in [-0.2, -0.15) is 0 Å². The molecule has 0 atom stereocenters. The number of benzene rings is 1. The summed E-state index contributed by atoms with van der Waals surface area (Å²) in [6.45, 7) is 3.88. The van der Waals surface area contributed by atoms with Crippen molar-refractivity contribution in [3.8, 4) is 0 Å². The summed E-state index contributed by atoms with van der Waals surface area (Å²) < 4.78 is 0. The number of carbonyl (C=O) groups excluding carboxylic acids is 1. The number of nitrogens with zero attached hydrogens (tertiary/aromatic N) is 4. The van der Waals surface area contributed by atoms with E-state index in [2.05, 4.69) is 16.9 Å². The van der Waals surface area contributed by atoms with E-state index in [1.807, 2.05) is 4.90 Å². The Balaban J connectivity index is 2.06. The molecule has 1 aliphatic rings. The predicted molar refractivity (Wildman–Crippen MR) is 69.5 cm³/mol. The molecule has 0 aliphatic carbocycles. The summed E-state index contributed by atoms with van der Waals surface area (Å²) in [5, 5.41) is 3.49. The van der Waals surface area contributed by atoms with Crippen molar-refractivity contribution in [3.05, 3.63) is 40.3 Å². The number of piperidine rings is 1. The number of hydrogen-bond donors (Lipinski definition) is 0. The quantitative estimate of drug-likeness (QED) is 0.446. The molecular formula is C13H16N4O. The van der Waals surface area contributed by atoms with Gasteiger partial charge in [0.2, 0.25) is 0 Å². The molecule has 0 bridgehead atoms. The van der Waals surface area contributed by atoms with Crippen LogP contribution in [0.3, 0.4) is 0 Å². The number of azide groups is 1. The second kappa shape index (κ2) is 5.56. The first-order chi connectivity index (χ1) is 8.70. The highest BCUT2D eigenvalue weighted by molar-refractivity contribution is 5.94. The van der Waals surface area contributed by atoms with Gasteiger partial charge in [0, 0.05) is 29.3 Å². The van der Waals surface area contributed by atoms with E-state index in [4.69, 9.17) is 5.53 Å². The molecule has 1 aromatic carbocycles. The van der Waals surface area contributed by atoms with Gasteiger partial charge >= 0.3 is 0 Å². The van der Waals surface area contributed by atoms with Crippen molar-refractivity contribution in [2.75, 3.05) is 13.1 Å². The number of rotatable bonds is 2. The van der Waals surface area contributed by atoms with E-state index in [9.17, 15) is 4.79 Å². The predicted octanol–water partition coefficient (Wildman–Crippen LogP) is 3.50. The van der Waals surface area contributed by atoms with Crippen LogP contribution in [0.2, 0.25) is 0 Å². The standard InChI is InChI=1S/C13H16N4O/c1-10-6-8-17(9-7-10)13(18)11-2-4-12(5-3-11)15-16-14/h2-5,10H,6-9H2,1H3. The lowest BCUT2D eigenvalue weighted by Crippen LogP contribution is -2.37. The van der Waals surface area contributed by atoms with Crippen LogP contribution in [-0.4, -0.2) is 23.9 Å². The molecule has 0 saturated carbocycles. The third kappa shape index (κ3) is 2.81. The van der Waals surface area contributed by atoms with Crippen molar-refractivity contribution < 1.29 is 4.79 Å². The number of hydrogen-bond acceptors (Lipinski definition) is 2. The first-order valence-corrected chi connectivity index (χ1v) is 6.15. The zero-order chi connectivity index (χ0) is 13.0. The summed E-state index contributed by atoms with van der Waals surface area (Å²) in [5.41, 5.74) is 9.49. The molecule has 0 unspecified atom stereocenters. The fourth-order valence-corrected chi connectivity index (χ4v) is 2.12. The van der Waals surface area contributed by atoms with Crippen LogP contribution in [0.25, 0.3) is 10.4 Å². The fourth-order valence-electron chi connectivity index (χ4n) is 2.12. The minimum Gasteiger partial charge on any atom is -0.339 e. The molecule has 1 aliphatic heterocycles. The van der Waals surface area contributed by atoms with E-state index in [0.29, 0.717) is 17.2 Å². The van der Waals surface area contributed by atoms with Crippen molar-refractivity contribution in [3.63, 3.8) is 0 Å². The Morgan fingerprint density at radius 1 is 1.33 bits per heavy atom. The first kappa shape index (κ1) is 12.5. The topological polar surface area (TPSA) is 69.1 Å². The maximum absolute atomic E-state index is 12.2. The van der Waals surface area contributed by atoms with Crippen LogP contribution in [0.1, 0.15) is 30.1 Å². The lowest BCUT2D eigenvalue weighted by atomic mass is 9.98. The molecule has 1 heterocycles. The van der Waals surface area contributed by atoms with Crippen molar-refractivity contribution >= 4 is 11.6 Å². The van der Waals surface area contributed by atoms with E-state index < -0.39 is 0 Å². The van der Waals surface area contributed by atoms with Crippen LogP contribution in [0.4, 0.5) is 5.69 Å². The minimum absolute atomic E-state index is 0.0642. The van der Waals surface area contributed by atoms with Crippen LogP contribution in [0.15, 0.2) is 29.4 Å². The molecule has 5 heteroatoms. The Kier molecular flexibility index (Phi) is 3.85. The smallest absolute Gasteiger partial charge is 0.253 e. The van der Waals surface area contributed by atoms with E-state index in [0.717, 1.165) is 25.9 Å². The zero-order valence-corrected chi connectivity index (χ0v) is 10.4. The maximum atomic E-state index is 12.2. The molecule has 2 rings (SSSR count). The molecule has 1 aromatic rings. The van der Waals surface area contributed by atoms with Gasteiger partial charge in [0.05, 0.1) is 0 Å². The Bertz CT molecular complexity index is 468. The summed E-state index contributed by atoms with van der Waals surface area (Å²) in [4.78, 5) is 16.8. The molecular weight excluding hydrogens is 228 g/mol. The van der Waals surface area contributed by atoms with Crippen LogP contribution >= 0.6 is 0 Å². The summed E-state index contributed by atoms with van der Waals surface area (Å²) in [6, 6.07) is 6.76. The zero-order valence-electron chi connectivity index (χ0n) is 10.4. The highest BCUT2D eigenvalue weighted by atomic mass is 16.2. The third-order valence-electron chi connectivity index (χ3n) is 3.35. The Hall–Kier alpha value is -2.00. The van der Waals surface area contributed by atoms with Gasteiger partial charge in [-0.1, -0.05) is 24.2 Å². The average molecular weight is 244 g/mol. The molecule has 1 amide bonds. The summed E-state index contributed by atoms with van der Waals surface area (Å²) in [7, 11) is 0. The summed E-state index contributed by atoms with van der Waals surface area (Å²) in [5.74, 6) is 0.774. The largest absolute Gasteiger partial charge is 0.339 e. The SMILES string of the molecule is CC1CCN(C(=O)c2ccc(N=[N+]=[N-])cc2)CC1. The van der Waals surface area contributed by atoms with Gasteiger partial charge in [-0.25, -0.2) is 0 Å². The van der Waals surface area contributed by atoms with Gasteiger partial charge in [-0.15, -0.1) is 0 Å². The first-order valence-electron chi connectivity index (χ1n) is 6.15. The van der Waals surface area contributed by atoms with E-state index in [1.54, 1.807) is 24.3 Å². The second-order valence-electron chi connectivity index (χ2n) is 4.71. The Morgan fingerprint density at radius 2 is 1.94 bits per heavy atom. The van der Waals surface area contributed by atoms with Crippen LogP contribution < -0.4 is 0 Å².